The molecular weight excluding hydrogens is 226 g/mol. The highest BCUT2D eigenvalue weighted by Gasteiger charge is 2.19. The van der Waals surface area contributed by atoms with Gasteiger partial charge in [0.05, 0.1) is 17.1 Å². The van der Waals surface area contributed by atoms with Crippen LogP contribution in [0.1, 0.15) is 19.4 Å². The summed E-state index contributed by atoms with van der Waals surface area (Å²) in [6.07, 6.45) is 0. The van der Waals surface area contributed by atoms with E-state index in [1.54, 1.807) is 0 Å². The van der Waals surface area contributed by atoms with Gasteiger partial charge in [-0.05, 0) is 31.5 Å². The first-order chi connectivity index (χ1) is 7.83. The molecule has 2 N–H and O–H groups in total. The molecule has 0 fully saturated rings. The average Bonchev–Trinajstić information content (AvgIpc) is 2.24. The van der Waals surface area contributed by atoms with Gasteiger partial charge in [-0.1, -0.05) is 0 Å². The molecule has 17 heavy (non-hydrogen) atoms. The van der Waals surface area contributed by atoms with Crippen molar-refractivity contribution in [3.05, 3.63) is 33.9 Å². The van der Waals surface area contributed by atoms with Crippen LogP contribution in [-0.2, 0) is 6.61 Å². The van der Waals surface area contributed by atoms with Crippen LogP contribution in [0.4, 0.5) is 5.69 Å². The summed E-state index contributed by atoms with van der Waals surface area (Å²) in [6.45, 7) is 2.78. The van der Waals surface area contributed by atoms with E-state index in [4.69, 9.17) is 9.84 Å². The highest BCUT2D eigenvalue weighted by molar-refractivity contribution is 5.48. The van der Waals surface area contributed by atoms with E-state index in [1.807, 2.05) is 0 Å². The Balaban J connectivity index is 2.97. The van der Waals surface area contributed by atoms with Gasteiger partial charge in [-0.3, -0.25) is 10.1 Å². The quantitative estimate of drug-likeness (QED) is 0.597. The number of aliphatic hydroxyl groups excluding tert-OH is 1. The summed E-state index contributed by atoms with van der Waals surface area (Å²) in [4.78, 5) is 10.2. The molecule has 0 bridgehead atoms. The second-order valence-electron chi connectivity index (χ2n) is 4.32. The lowest BCUT2D eigenvalue weighted by molar-refractivity contribution is -0.386. The summed E-state index contributed by atoms with van der Waals surface area (Å²) in [5.74, 6) is 0.0451. The van der Waals surface area contributed by atoms with Crippen molar-refractivity contribution in [2.24, 2.45) is 0 Å². The van der Waals surface area contributed by atoms with Crippen LogP contribution >= 0.6 is 0 Å². The molecule has 0 aliphatic rings. The van der Waals surface area contributed by atoms with Crippen LogP contribution < -0.4 is 4.74 Å². The monoisotopic (exact) mass is 241 g/mol. The van der Waals surface area contributed by atoms with E-state index in [1.165, 1.54) is 32.0 Å². The number of benzene rings is 1. The predicted molar refractivity (Wildman–Crippen MR) is 60.8 cm³/mol. The Bertz CT molecular complexity index is 411. The van der Waals surface area contributed by atoms with Crippen LogP contribution in [-0.4, -0.2) is 27.3 Å². The molecule has 0 saturated carbocycles. The van der Waals surface area contributed by atoms with E-state index in [9.17, 15) is 15.2 Å². The van der Waals surface area contributed by atoms with Gasteiger partial charge in [-0.2, -0.15) is 0 Å². The topological polar surface area (TPSA) is 92.8 Å². The zero-order valence-corrected chi connectivity index (χ0v) is 9.71. The van der Waals surface area contributed by atoms with Crippen molar-refractivity contribution >= 4 is 5.69 Å². The normalized spacial score (nSPS) is 11.3. The van der Waals surface area contributed by atoms with Crippen molar-refractivity contribution in [3.63, 3.8) is 0 Å². The summed E-state index contributed by atoms with van der Waals surface area (Å²) < 4.78 is 5.20. The molecule has 94 valence electrons. The van der Waals surface area contributed by atoms with Crippen LogP contribution in [0.15, 0.2) is 18.2 Å². The van der Waals surface area contributed by atoms with Gasteiger partial charge in [-0.25, -0.2) is 0 Å². The van der Waals surface area contributed by atoms with Crippen LogP contribution in [0.5, 0.6) is 5.75 Å². The molecule has 1 rings (SSSR count). The van der Waals surface area contributed by atoms with Gasteiger partial charge in [0.2, 0.25) is 0 Å². The maximum absolute atomic E-state index is 10.7. The first-order valence-corrected chi connectivity index (χ1v) is 5.07. The lowest BCUT2D eigenvalue weighted by Gasteiger charge is -2.17. The van der Waals surface area contributed by atoms with Crippen LogP contribution in [0.3, 0.4) is 0 Å². The summed E-state index contributed by atoms with van der Waals surface area (Å²) in [7, 11) is 0. The minimum atomic E-state index is -1.08. The predicted octanol–water partition coefficient (Wildman–Crippen LogP) is 1.24. The number of hydrogen-bond donors (Lipinski definition) is 2. The van der Waals surface area contributed by atoms with Crippen molar-refractivity contribution in [1.29, 1.82) is 0 Å². The lowest BCUT2D eigenvalue weighted by atomic mass is 10.1. The van der Waals surface area contributed by atoms with Gasteiger partial charge in [0.1, 0.15) is 6.61 Å². The SMILES string of the molecule is CC(C)(O)COc1cc(CO)ccc1[N+](=O)[O-]. The largest absolute Gasteiger partial charge is 0.484 e. The van der Waals surface area contributed by atoms with E-state index in [-0.39, 0.29) is 24.7 Å². The number of rotatable bonds is 5. The standard InChI is InChI=1S/C11H15NO5/c1-11(2,14)7-17-10-5-8(6-13)3-4-9(10)12(15)16/h3-5,13-14H,6-7H2,1-2H3. The fraction of sp³-hybridized carbons (Fsp3) is 0.455. The highest BCUT2D eigenvalue weighted by atomic mass is 16.6. The number of nitrogens with zero attached hydrogens (tertiary/aromatic N) is 1. The molecule has 0 unspecified atom stereocenters. The molecule has 0 aliphatic heterocycles. The average molecular weight is 241 g/mol. The fourth-order valence-electron chi connectivity index (χ4n) is 1.18. The van der Waals surface area contributed by atoms with Gasteiger partial charge in [0.15, 0.2) is 5.75 Å². The third kappa shape index (κ3) is 4.01. The Morgan fingerprint density at radius 1 is 1.47 bits per heavy atom. The molecule has 6 heteroatoms. The van der Waals surface area contributed by atoms with Crippen LogP contribution in [0.2, 0.25) is 0 Å². The maximum atomic E-state index is 10.7. The van der Waals surface area contributed by atoms with Crippen LogP contribution in [0, 0.1) is 10.1 Å². The van der Waals surface area contributed by atoms with Crippen molar-refractivity contribution in [2.75, 3.05) is 6.61 Å². The molecule has 0 spiro atoms. The molecule has 0 heterocycles. The zero-order chi connectivity index (χ0) is 13.1. The van der Waals surface area contributed by atoms with Crippen molar-refractivity contribution in [1.82, 2.24) is 0 Å². The molecule has 0 radical (unpaired) electrons. The van der Waals surface area contributed by atoms with Crippen LogP contribution in [0.25, 0.3) is 0 Å². The van der Waals surface area contributed by atoms with E-state index in [0.717, 1.165) is 0 Å². The number of hydrogen-bond acceptors (Lipinski definition) is 5. The Labute approximate surface area is 98.6 Å². The summed E-state index contributed by atoms with van der Waals surface area (Å²) in [6, 6.07) is 4.12. The van der Waals surface area contributed by atoms with Gasteiger partial charge in [0, 0.05) is 6.07 Å². The molecule has 0 amide bonds. The molecular formula is C11H15NO5. The summed E-state index contributed by atoms with van der Waals surface area (Å²) >= 11 is 0. The molecule has 0 atom stereocenters. The molecule has 0 aromatic heterocycles. The number of nitro benzene ring substituents is 1. The van der Waals surface area contributed by atoms with E-state index in [2.05, 4.69) is 0 Å². The third-order valence-electron chi connectivity index (χ3n) is 1.98. The highest BCUT2D eigenvalue weighted by Crippen LogP contribution is 2.28. The molecule has 1 aromatic carbocycles. The molecule has 6 nitrogen and oxygen atoms in total. The second kappa shape index (κ2) is 5.11. The van der Waals surface area contributed by atoms with Crippen molar-refractivity contribution in [2.45, 2.75) is 26.1 Å². The van der Waals surface area contributed by atoms with Gasteiger partial charge in [-0.15, -0.1) is 0 Å². The maximum Gasteiger partial charge on any atom is 0.310 e. The Hall–Kier alpha value is -1.66. The lowest BCUT2D eigenvalue weighted by Crippen LogP contribution is -2.28. The van der Waals surface area contributed by atoms with E-state index >= 15 is 0 Å². The van der Waals surface area contributed by atoms with E-state index < -0.39 is 10.5 Å². The number of nitro groups is 1. The zero-order valence-electron chi connectivity index (χ0n) is 9.71. The Morgan fingerprint density at radius 2 is 2.12 bits per heavy atom. The fourth-order valence-corrected chi connectivity index (χ4v) is 1.18. The minimum absolute atomic E-state index is 0.0451. The Morgan fingerprint density at radius 3 is 2.59 bits per heavy atom. The first kappa shape index (κ1) is 13.4. The first-order valence-electron chi connectivity index (χ1n) is 5.07. The number of aliphatic hydroxyl groups is 2. The summed E-state index contributed by atoms with van der Waals surface area (Å²) in [5, 5.41) is 29.2. The van der Waals surface area contributed by atoms with Crippen molar-refractivity contribution < 1.29 is 19.9 Å². The minimum Gasteiger partial charge on any atom is -0.484 e. The second-order valence-corrected chi connectivity index (χ2v) is 4.32. The third-order valence-corrected chi connectivity index (χ3v) is 1.98. The van der Waals surface area contributed by atoms with E-state index in [0.29, 0.717) is 5.56 Å². The molecule has 1 aromatic rings. The smallest absolute Gasteiger partial charge is 0.310 e. The molecule has 0 saturated heterocycles. The number of ether oxygens (including phenoxy) is 1. The molecule has 0 aliphatic carbocycles. The Kier molecular flexibility index (Phi) is 4.03. The van der Waals surface area contributed by atoms with Gasteiger partial charge >= 0.3 is 5.69 Å². The summed E-state index contributed by atoms with van der Waals surface area (Å²) in [5.41, 5.74) is -0.754. The van der Waals surface area contributed by atoms with Gasteiger partial charge < -0.3 is 14.9 Å². The van der Waals surface area contributed by atoms with Gasteiger partial charge in [0.25, 0.3) is 0 Å². The van der Waals surface area contributed by atoms with Crippen molar-refractivity contribution in [3.8, 4) is 5.75 Å².